The van der Waals surface area contributed by atoms with Crippen LogP contribution in [0.2, 0.25) is 0 Å². The van der Waals surface area contributed by atoms with Crippen LogP contribution in [-0.4, -0.2) is 34.3 Å². The van der Waals surface area contributed by atoms with Crippen LogP contribution >= 0.6 is 0 Å². The predicted molar refractivity (Wildman–Crippen MR) is 170 cm³/mol. The number of nitrogens with zero attached hydrogens (tertiary/aromatic N) is 2. The van der Waals surface area contributed by atoms with E-state index in [9.17, 15) is 14.4 Å². The van der Waals surface area contributed by atoms with Crippen molar-refractivity contribution >= 4 is 35.0 Å². The van der Waals surface area contributed by atoms with Crippen molar-refractivity contribution in [2.75, 3.05) is 11.9 Å². The first-order valence-electron chi connectivity index (χ1n) is 14.4. The Bertz CT molecular complexity index is 1290. The summed E-state index contributed by atoms with van der Waals surface area (Å²) < 4.78 is 4.80. The molecule has 0 aliphatic rings. The van der Waals surface area contributed by atoms with E-state index in [-0.39, 0.29) is 23.3 Å². The van der Waals surface area contributed by atoms with Crippen molar-refractivity contribution in [1.29, 1.82) is 0 Å². The zero-order valence-electron chi connectivity index (χ0n) is 25.5. The topological polar surface area (TPSA) is 166 Å². The van der Waals surface area contributed by atoms with E-state index in [1.165, 1.54) is 6.92 Å². The Balaban J connectivity index is 0.000000335. The number of unbranched alkanes of at least 4 members (excludes halogenated alkanes) is 2. The molecule has 0 bridgehead atoms. The second-order valence-corrected chi connectivity index (χ2v) is 9.50. The number of benzene rings is 2. The maximum absolute atomic E-state index is 12.0. The highest BCUT2D eigenvalue weighted by atomic mass is 16.5. The number of nitrogens with one attached hydrogen (secondary N) is 2. The number of anilines is 2. The van der Waals surface area contributed by atoms with Gasteiger partial charge in [-0.15, -0.1) is 0 Å². The number of H-pyrrole nitrogens is 1. The fraction of sp³-hybridized carbons (Fsp3) is 0.406. The lowest BCUT2D eigenvalue weighted by molar-refractivity contribution is -0.151. The van der Waals surface area contributed by atoms with Crippen LogP contribution in [0, 0.1) is 12.8 Å². The molecule has 1 aromatic heterocycles. The quantitative estimate of drug-likeness (QED) is 0.0919. The molecular weight excluding hydrogens is 532 g/mol. The largest absolute Gasteiger partial charge is 0.465 e. The van der Waals surface area contributed by atoms with Crippen LogP contribution in [0.3, 0.4) is 0 Å². The lowest BCUT2D eigenvalue weighted by Crippen LogP contribution is -2.24. The molecule has 42 heavy (non-hydrogen) atoms. The van der Waals surface area contributed by atoms with Crippen molar-refractivity contribution in [2.45, 2.75) is 73.1 Å². The highest BCUT2D eigenvalue weighted by Crippen LogP contribution is 2.13. The zero-order chi connectivity index (χ0) is 31.3. The zero-order valence-corrected chi connectivity index (χ0v) is 25.5. The summed E-state index contributed by atoms with van der Waals surface area (Å²) >= 11 is 0. The normalized spacial score (nSPS) is 10.6. The minimum Gasteiger partial charge on any atom is -0.465 e. The molecule has 0 aliphatic heterocycles. The van der Waals surface area contributed by atoms with E-state index in [1.807, 2.05) is 74.5 Å². The summed E-state index contributed by atoms with van der Waals surface area (Å²) in [7, 11) is 0. The van der Waals surface area contributed by atoms with E-state index in [4.69, 9.17) is 16.2 Å². The van der Waals surface area contributed by atoms with Crippen LogP contribution in [0.15, 0.2) is 70.5 Å². The van der Waals surface area contributed by atoms with Gasteiger partial charge in [0.15, 0.2) is 5.96 Å². The summed E-state index contributed by atoms with van der Waals surface area (Å²) in [6.07, 6.45) is 5.37. The van der Waals surface area contributed by atoms with Gasteiger partial charge in [0.2, 0.25) is 5.95 Å². The van der Waals surface area contributed by atoms with Crippen LogP contribution in [0.25, 0.3) is 0 Å². The molecule has 3 rings (SSSR count). The average molecular weight is 579 g/mol. The van der Waals surface area contributed by atoms with Crippen LogP contribution in [0.1, 0.15) is 71.1 Å². The fourth-order valence-electron chi connectivity index (χ4n) is 3.77. The number of ketones is 1. The molecule has 0 saturated carbocycles. The smallest absolute Gasteiger partial charge is 0.316 e. The highest BCUT2D eigenvalue weighted by Gasteiger charge is 2.23. The number of guanidine groups is 1. The Morgan fingerprint density at radius 2 is 1.57 bits per heavy atom. The summed E-state index contributed by atoms with van der Waals surface area (Å²) in [4.78, 5) is 45.4. The maximum atomic E-state index is 12.0. The number of para-hydroxylation sites is 2. The number of esters is 1. The Morgan fingerprint density at radius 3 is 2.07 bits per heavy atom. The number of aromatic amines is 1. The van der Waals surface area contributed by atoms with Crippen molar-refractivity contribution in [2.24, 2.45) is 22.4 Å². The van der Waals surface area contributed by atoms with Crippen molar-refractivity contribution in [3.05, 3.63) is 82.3 Å². The first kappa shape index (κ1) is 35.6. The van der Waals surface area contributed by atoms with Crippen LogP contribution in [0.5, 0.6) is 0 Å². The summed E-state index contributed by atoms with van der Waals surface area (Å²) in [5.41, 5.74) is 13.5. The lowest BCUT2D eigenvalue weighted by atomic mass is 9.98. The maximum Gasteiger partial charge on any atom is 0.316 e. The lowest BCUT2D eigenvalue weighted by Gasteiger charge is -2.11. The molecule has 2 aromatic carbocycles. The van der Waals surface area contributed by atoms with Gasteiger partial charge in [-0.3, -0.25) is 19.4 Å². The molecule has 0 spiro atoms. The Kier molecular flexibility index (Phi) is 17.3. The predicted octanol–water partition coefficient (Wildman–Crippen LogP) is 5.70. The van der Waals surface area contributed by atoms with E-state index < -0.39 is 5.92 Å². The van der Waals surface area contributed by atoms with Crippen molar-refractivity contribution < 1.29 is 14.3 Å². The van der Waals surface area contributed by atoms with Gasteiger partial charge >= 0.3 is 5.97 Å². The van der Waals surface area contributed by atoms with Gasteiger partial charge in [-0.1, -0.05) is 69.5 Å². The van der Waals surface area contributed by atoms with Gasteiger partial charge in [0, 0.05) is 16.9 Å². The third-order valence-electron chi connectivity index (χ3n) is 5.96. The third-order valence-corrected chi connectivity index (χ3v) is 5.96. The molecular formula is C32H46N6O4. The highest BCUT2D eigenvalue weighted by molar-refractivity contribution is 5.97. The van der Waals surface area contributed by atoms with Crippen LogP contribution < -0.4 is 22.3 Å². The summed E-state index contributed by atoms with van der Waals surface area (Å²) in [5, 5.41) is 3.10. The van der Waals surface area contributed by atoms with Gasteiger partial charge < -0.3 is 21.5 Å². The molecule has 0 aliphatic carbocycles. The van der Waals surface area contributed by atoms with E-state index in [0.717, 1.165) is 54.7 Å². The molecule has 6 N–H and O–H groups in total. The van der Waals surface area contributed by atoms with E-state index in [2.05, 4.69) is 27.2 Å². The number of hydrogen-bond donors (Lipinski definition) is 4. The number of Topliss-reactive ketones (excluding diaryl/α,β-unsaturated/α-hetero) is 1. The number of rotatable bonds is 12. The van der Waals surface area contributed by atoms with E-state index >= 15 is 0 Å². The number of hydrogen-bond acceptors (Lipinski definition) is 7. The number of aryl methyl sites for hydroxylation is 1. The van der Waals surface area contributed by atoms with Crippen molar-refractivity contribution in [3.8, 4) is 0 Å². The molecule has 0 radical (unpaired) electrons. The number of nitrogens with two attached hydrogens (primary N) is 2. The van der Waals surface area contributed by atoms with Crippen molar-refractivity contribution in [1.82, 2.24) is 9.97 Å². The average Bonchev–Trinajstić information content (AvgIpc) is 2.94. The first-order valence-corrected chi connectivity index (χ1v) is 14.4. The van der Waals surface area contributed by atoms with Crippen LogP contribution in [0.4, 0.5) is 17.3 Å². The summed E-state index contributed by atoms with van der Waals surface area (Å²) in [5.74, 6) is -0.421. The van der Waals surface area contributed by atoms with Gasteiger partial charge in [0.25, 0.3) is 5.56 Å². The Hall–Kier alpha value is -4.47. The molecule has 10 nitrogen and oxygen atoms in total. The molecule has 0 fully saturated rings. The van der Waals surface area contributed by atoms with Gasteiger partial charge in [0.05, 0.1) is 12.3 Å². The number of aromatic nitrogens is 2. The molecule has 228 valence electrons. The number of aliphatic imine (C=N–C) groups is 1. The number of ether oxygens (including phenoxy) is 1. The summed E-state index contributed by atoms with van der Waals surface area (Å²) in [6, 6.07) is 19.0. The van der Waals surface area contributed by atoms with Gasteiger partial charge in [-0.25, -0.2) is 9.98 Å². The SMILES string of the molecule is CCCCC(C(C)=O)C(=O)OCC.CCCCc1c(C)nc(Nc2ccccc2)[nH]c1=O.NC(N)=Nc1ccccc1. The second kappa shape index (κ2) is 20.4. The fourth-order valence-corrected chi connectivity index (χ4v) is 3.77. The number of carbonyl (C=O) groups excluding carboxylic acids is 2. The Morgan fingerprint density at radius 1 is 0.976 bits per heavy atom. The standard InChI is InChI=1S/C15H19N3O.C10H18O3.C7H9N3/c1-3-4-10-13-11(2)16-15(18-14(13)19)17-12-8-6-5-7-9-12;1-4-6-7-9(8(3)11)10(12)13-5-2;8-7(9)10-6-4-2-1-3-5-6/h5-9H,3-4,10H2,1-2H3,(H2,16,17,18,19);9H,4-7H2,1-3H3;1-5H,(H4,8,9,10). The molecule has 3 aromatic rings. The number of carbonyl (C=O) groups is 2. The second-order valence-electron chi connectivity index (χ2n) is 9.50. The molecule has 0 saturated heterocycles. The molecule has 1 unspecified atom stereocenters. The summed E-state index contributed by atoms with van der Waals surface area (Å²) in [6.45, 7) is 9.56. The molecule has 1 atom stereocenters. The van der Waals surface area contributed by atoms with Gasteiger partial charge in [-0.05, 0) is 64.3 Å². The van der Waals surface area contributed by atoms with Crippen molar-refractivity contribution in [3.63, 3.8) is 0 Å². The first-order chi connectivity index (χ1) is 20.1. The monoisotopic (exact) mass is 578 g/mol. The minimum absolute atomic E-state index is 0.0422. The Labute approximate surface area is 249 Å². The van der Waals surface area contributed by atoms with E-state index in [1.54, 1.807) is 6.92 Å². The molecule has 1 heterocycles. The van der Waals surface area contributed by atoms with E-state index in [0.29, 0.717) is 19.0 Å². The minimum atomic E-state index is -0.542. The van der Waals surface area contributed by atoms with Gasteiger partial charge in [-0.2, -0.15) is 0 Å². The molecule has 10 heteroatoms. The third kappa shape index (κ3) is 14.2. The van der Waals surface area contributed by atoms with Gasteiger partial charge in [0.1, 0.15) is 11.7 Å². The van der Waals surface area contributed by atoms with Crippen LogP contribution in [-0.2, 0) is 20.7 Å². The molecule has 0 amide bonds.